The van der Waals surface area contributed by atoms with Gasteiger partial charge in [-0.15, -0.1) is 11.3 Å². The molecule has 0 aliphatic heterocycles. The van der Waals surface area contributed by atoms with Crippen LogP contribution < -0.4 is 5.11 Å². The summed E-state index contributed by atoms with van der Waals surface area (Å²) in [6.07, 6.45) is 0. The monoisotopic (exact) mass is 387 g/mol. The minimum atomic E-state index is -0.451. The number of thiazole rings is 1. The van der Waals surface area contributed by atoms with Crippen LogP contribution in [0.2, 0.25) is 0 Å². The van der Waals surface area contributed by atoms with Crippen LogP contribution in [-0.4, -0.2) is 15.0 Å². The van der Waals surface area contributed by atoms with Gasteiger partial charge in [0.25, 0.3) is 5.69 Å². The number of rotatable bonds is 2. The Labute approximate surface area is 162 Å². The lowest BCUT2D eigenvalue weighted by molar-refractivity contribution is -0.384. The average Bonchev–Trinajstić information content (AvgIpc) is 3.16. The molecule has 0 unspecified atom stereocenters. The molecule has 0 aliphatic rings. The molecule has 0 spiro atoms. The predicted octanol–water partition coefficient (Wildman–Crippen LogP) is 4.96. The summed E-state index contributed by atoms with van der Waals surface area (Å²) < 4.78 is 0.791. The maximum absolute atomic E-state index is 12.9. The van der Waals surface area contributed by atoms with Gasteiger partial charge in [-0.2, -0.15) is 0 Å². The summed E-state index contributed by atoms with van der Waals surface area (Å²) in [6, 6.07) is 16.7. The van der Waals surface area contributed by atoms with Crippen molar-refractivity contribution in [3.63, 3.8) is 0 Å². The van der Waals surface area contributed by atoms with E-state index in [9.17, 15) is 20.3 Å². The number of hydrogen-bond acceptors (Lipinski definition) is 6. The third-order valence-corrected chi connectivity index (χ3v) is 5.84. The number of nitrogens with zero attached hydrogens (tertiary/aromatic N) is 2. The Morgan fingerprint density at radius 1 is 0.964 bits per heavy atom. The van der Waals surface area contributed by atoms with Crippen molar-refractivity contribution >= 4 is 48.8 Å². The maximum atomic E-state index is 12.9. The Kier molecular flexibility index (Phi) is 3.47. The van der Waals surface area contributed by atoms with Gasteiger partial charge in [0.1, 0.15) is 10.8 Å². The highest BCUT2D eigenvalue weighted by Gasteiger charge is 2.16. The Morgan fingerprint density at radius 3 is 2.54 bits per heavy atom. The molecular weight excluding hydrogens is 376 g/mol. The van der Waals surface area contributed by atoms with Gasteiger partial charge in [-0.25, -0.2) is 4.98 Å². The fourth-order valence-corrected chi connectivity index (χ4v) is 4.44. The molecule has 5 aromatic rings. The molecular formula is C21H11N2O4S-. The topological polar surface area (TPSA) is 99.3 Å². The van der Waals surface area contributed by atoms with E-state index in [0.29, 0.717) is 37.6 Å². The third-order valence-electron chi connectivity index (χ3n) is 4.77. The van der Waals surface area contributed by atoms with Crippen LogP contribution in [0.1, 0.15) is 0 Å². The van der Waals surface area contributed by atoms with E-state index in [4.69, 9.17) is 0 Å². The number of aromatic hydroxyl groups is 1. The van der Waals surface area contributed by atoms with E-state index >= 15 is 0 Å². The zero-order valence-corrected chi connectivity index (χ0v) is 15.1. The standard InChI is InChI=1S/C21H12N2O4S/c24-19-13-6-1-2-7-14(13)20(25)17-15(19)8-9-16-18(17)22-21(28-16)11-4-3-5-12(10-11)23(26)27/h1-10,24-25H/p-1. The summed E-state index contributed by atoms with van der Waals surface area (Å²) in [4.78, 5) is 15.2. The number of non-ortho nitro benzene ring substituents is 1. The van der Waals surface area contributed by atoms with Crippen molar-refractivity contribution in [2.24, 2.45) is 0 Å². The van der Waals surface area contributed by atoms with Crippen LogP contribution >= 0.6 is 11.3 Å². The molecule has 28 heavy (non-hydrogen) atoms. The number of nitro groups is 1. The summed E-state index contributed by atoms with van der Waals surface area (Å²) in [5.41, 5.74) is 1.12. The average molecular weight is 387 g/mol. The molecule has 0 saturated carbocycles. The van der Waals surface area contributed by atoms with Crippen molar-refractivity contribution in [1.82, 2.24) is 4.98 Å². The quantitative estimate of drug-likeness (QED) is 0.262. The van der Waals surface area contributed by atoms with E-state index in [0.717, 1.165) is 4.70 Å². The molecule has 0 radical (unpaired) electrons. The lowest BCUT2D eigenvalue weighted by atomic mass is 10.00. The molecule has 0 saturated heterocycles. The van der Waals surface area contributed by atoms with E-state index in [1.165, 1.54) is 23.5 Å². The molecule has 0 bridgehead atoms. The van der Waals surface area contributed by atoms with Crippen molar-refractivity contribution < 1.29 is 15.1 Å². The summed E-state index contributed by atoms with van der Waals surface area (Å²) in [6.45, 7) is 0. The lowest BCUT2D eigenvalue weighted by Crippen LogP contribution is -1.94. The Morgan fingerprint density at radius 2 is 1.75 bits per heavy atom. The predicted molar refractivity (Wildman–Crippen MR) is 108 cm³/mol. The summed E-state index contributed by atoms with van der Waals surface area (Å²) in [5.74, 6) is -0.137. The molecule has 1 N–H and O–H groups in total. The molecule has 0 atom stereocenters. The number of nitro benzene ring substituents is 1. The maximum Gasteiger partial charge on any atom is 0.270 e. The normalized spacial score (nSPS) is 11.4. The summed E-state index contributed by atoms with van der Waals surface area (Å²) in [7, 11) is 0. The first kappa shape index (κ1) is 16.5. The van der Waals surface area contributed by atoms with E-state index in [1.54, 1.807) is 48.5 Å². The fraction of sp³-hybridized carbons (Fsp3) is 0. The molecule has 136 valence electrons. The number of fused-ring (bicyclic) bond motifs is 4. The first-order chi connectivity index (χ1) is 13.5. The second kappa shape index (κ2) is 5.90. The molecule has 6 nitrogen and oxygen atoms in total. The Balaban J connectivity index is 1.84. The molecule has 7 heteroatoms. The van der Waals surface area contributed by atoms with Crippen molar-refractivity contribution in [1.29, 1.82) is 0 Å². The first-order valence-electron chi connectivity index (χ1n) is 8.43. The summed E-state index contributed by atoms with van der Waals surface area (Å²) in [5, 5.41) is 37.1. The number of phenols is 1. The van der Waals surface area contributed by atoms with Gasteiger partial charge in [-0.3, -0.25) is 10.1 Å². The Bertz CT molecular complexity index is 1420. The number of aromatic nitrogens is 1. The van der Waals surface area contributed by atoms with E-state index in [-0.39, 0.29) is 17.2 Å². The second-order valence-electron chi connectivity index (χ2n) is 6.38. The molecule has 0 amide bonds. The largest absolute Gasteiger partial charge is 0.872 e. The van der Waals surface area contributed by atoms with Crippen LogP contribution in [0, 0.1) is 10.1 Å². The van der Waals surface area contributed by atoms with Crippen LogP contribution in [0.4, 0.5) is 5.69 Å². The van der Waals surface area contributed by atoms with Crippen LogP contribution in [0.5, 0.6) is 11.5 Å². The zero-order valence-electron chi connectivity index (χ0n) is 14.2. The minimum absolute atomic E-state index is 0.0164. The smallest absolute Gasteiger partial charge is 0.270 e. The molecule has 1 aromatic heterocycles. The first-order valence-corrected chi connectivity index (χ1v) is 9.25. The van der Waals surface area contributed by atoms with Crippen molar-refractivity contribution in [3.05, 3.63) is 70.8 Å². The third kappa shape index (κ3) is 2.30. The van der Waals surface area contributed by atoms with Gasteiger partial charge in [0.2, 0.25) is 0 Å². The van der Waals surface area contributed by atoms with E-state index < -0.39 is 4.92 Å². The highest BCUT2D eigenvalue weighted by Crippen LogP contribution is 2.45. The van der Waals surface area contributed by atoms with Gasteiger partial charge in [0.05, 0.1) is 20.5 Å². The highest BCUT2D eigenvalue weighted by molar-refractivity contribution is 7.21. The summed E-state index contributed by atoms with van der Waals surface area (Å²) >= 11 is 1.36. The van der Waals surface area contributed by atoms with Crippen LogP contribution in [0.3, 0.4) is 0 Å². The van der Waals surface area contributed by atoms with Gasteiger partial charge in [-0.1, -0.05) is 48.2 Å². The molecule has 5 rings (SSSR count). The van der Waals surface area contributed by atoms with Crippen LogP contribution in [-0.2, 0) is 0 Å². The Hall–Kier alpha value is -3.71. The van der Waals surface area contributed by atoms with Gasteiger partial charge in [0.15, 0.2) is 0 Å². The van der Waals surface area contributed by atoms with Crippen LogP contribution in [0.25, 0.3) is 42.3 Å². The number of hydrogen-bond donors (Lipinski definition) is 1. The van der Waals surface area contributed by atoms with Crippen molar-refractivity contribution in [2.45, 2.75) is 0 Å². The van der Waals surface area contributed by atoms with Gasteiger partial charge >= 0.3 is 0 Å². The van der Waals surface area contributed by atoms with Gasteiger partial charge < -0.3 is 10.2 Å². The lowest BCUT2D eigenvalue weighted by Gasteiger charge is -2.16. The highest BCUT2D eigenvalue weighted by atomic mass is 32.1. The number of phenolic OH excluding ortho intramolecular Hbond substituents is 1. The molecule has 1 heterocycles. The zero-order chi connectivity index (χ0) is 19.4. The minimum Gasteiger partial charge on any atom is -0.872 e. The fourth-order valence-electron chi connectivity index (χ4n) is 3.47. The molecule has 0 fully saturated rings. The molecule has 0 aliphatic carbocycles. The van der Waals surface area contributed by atoms with E-state index in [1.807, 2.05) is 0 Å². The van der Waals surface area contributed by atoms with Crippen molar-refractivity contribution in [2.75, 3.05) is 0 Å². The number of benzene rings is 4. The van der Waals surface area contributed by atoms with E-state index in [2.05, 4.69) is 4.98 Å². The van der Waals surface area contributed by atoms with Gasteiger partial charge in [-0.05, 0) is 16.8 Å². The van der Waals surface area contributed by atoms with Crippen LogP contribution in [0.15, 0.2) is 60.7 Å². The molecule has 4 aromatic carbocycles. The van der Waals surface area contributed by atoms with Crippen molar-refractivity contribution in [3.8, 4) is 22.1 Å². The SMILES string of the molecule is O=[N+]([O-])c1cccc(-c2nc3c(ccc4c([O-])c5ccccc5c(O)c43)s2)c1. The second-order valence-corrected chi connectivity index (χ2v) is 7.42. The van der Waals surface area contributed by atoms with Gasteiger partial charge in [0, 0.05) is 23.1 Å².